The van der Waals surface area contributed by atoms with E-state index in [1.807, 2.05) is 49.0 Å². The zero-order valence-corrected chi connectivity index (χ0v) is 13.5. The van der Waals surface area contributed by atoms with Crippen LogP contribution in [0.15, 0.2) is 48.5 Å². The van der Waals surface area contributed by atoms with Gasteiger partial charge in [0.05, 0.1) is 12.0 Å². The standard InChI is InChI=1S/C18H20FNOS/c1-2-21-17-10-6-4-8-15(17)18-20(11-12-22-18)13-14-7-3-5-9-16(14)19/h3-10,18H,2,11-13H2,1H3. The Kier molecular flexibility index (Phi) is 5.01. The van der Waals surface area contributed by atoms with E-state index in [2.05, 4.69) is 11.0 Å². The van der Waals surface area contributed by atoms with Gasteiger partial charge < -0.3 is 4.74 Å². The topological polar surface area (TPSA) is 12.5 Å². The number of thioether (sulfide) groups is 1. The highest BCUT2D eigenvalue weighted by molar-refractivity contribution is 7.99. The maximum Gasteiger partial charge on any atom is 0.127 e. The van der Waals surface area contributed by atoms with E-state index in [1.165, 1.54) is 11.6 Å². The monoisotopic (exact) mass is 317 g/mol. The quantitative estimate of drug-likeness (QED) is 0.807. The summed E-state index contributed by atoms with van der Waals surface area (Å²) in [6.07, 6.45) is 0. The molecule has 0 aromatic heterocycles. The molecule has 1 atom stereocenters. The van der Waals surface area contributed by atoms with Crippen molar-refractivity contribution in [1.29, 1.82) is 0 Å². The summed E-state index contributed by atoms with van der Waals surface area (Å²) in [5.74, 6) is 1.86. The Morgan fingerprint density at radius 3 is 2.77 bits per heavy atom. The second kappa shape index (κ2) is 7.16. The molecule has 0 saturated carbocycles. The van der Waals surface area contributed by atoms with Crippen molar-refractivity contribution in [1.82, 2.24) is 4.90 Å². The maximum atomic E-state index is 13.9. The van der Waals surface area contributed by atoms with Gasteiger partial charge in [-0.15, -0.1) is 11.8 Å². The molecular formula is C18H20FNOS. The summed E-state index contributed by atoms with van der Waals surface area (Å²) in [6.45, 7) is 4.24. The van der Waals surface area contributed by atoms with Crippen LogP contribution in [0.4, 0.5) is 4.39 Å². The predicted molar refractivity (Wildman–Crippen MR) is 89.6 cm³/mol. The average molecular weight is 317 g/mol. The third-order valence-electron chi connectivity index (χ3n) is 3.80. The molecule has 0 radical (unpaired) electrons. The summed E-state index contributed by atoms with van der Waals surface area (Å²) in [6, 6.07) is 15.2. The first-order valence-corrected chi connectivity index (χ1v) is 8.65. The maximum absolute atomic E-state index is 13.9. The Hall–Kier alpha value is -1.52. The van der Waals surface area contributed by atoms with Gasteiger partial charge in [-0.2, -0.15) is 0 Å². The van der Waals surface area contributed by atoms with Crippen molar-refractivity contribution in [2.24, 2.45) is 0 Å². The molecule has 1 unspecified atom stereocenters. The van der Waals surface area contributed by atoms with Gasteiger partial charge in [-0.1, -0.05) is 36.4 Å². The van der Waals surface area contributed by atoms with Crippen LogP contribution < -0.4 is 4.74 Å². The number of rotatable bonds is 5. The normalized spacial score (nSPS) is 18.5. The molecule has 0 amide bonds. The summed E-state index contributed by atoms with van der Waals surface area (Å²) in [4.78, 5) is 2.32. The molecule has 3 rings (SSSR count). The first-order valence-electron chi connectivity index (χ1n) is 7.60. The van der Waals surface area contributed by atoms with Crippen molar-refractivity contribution in [3.8, 4) is 5.75 Å². The van der Waals surface area contributed by atoms with Crippen LogP contribution in [0.1, 0.15) is 23.4 Å². The Balaban J connectivity index is 1.83. The number of nitrogens with zero attached hydrogens (tertiary/aromatic N) is 1. The van der Waals surface area contributed by atoms with Gasteiger partial charge in [-0.25, -0.2) is 4.39 Å². The van der Waals surface area contributed by atoms with Crippen LogP contribution in [0.25, 0.3) is 0 Å². The van der Waals surface area contributed by atoms with Crippen molar-refractivity contribution >= 4 is 11.8 Å². The summed E-state index contributed by atoms with van der Waals surface area (Å²) in [5.41, 5.74) is 1.94. The zero-order chi connectivity index (χ0) is 15.4. The molecule has 4 heteroatoms. The fraction of sp³-hybridized carbons (Fsp3) is 0.333. The van der Waals surface area contributed by atoms with E-state index in [0.717, 1.165) is 23.6 Å². The molecule has 0 spiro atoms. The molecular weight excluding hydrogens is 297 g/mol. The lowest BCUT2D eigenvalue weighted by atomic mass is 10.1. The minimum Gasteiger partial charge on any atom is -0.494 e. The smallest absolute Gasteiger partial charge is 0.127 e. The largest absolute Gasteiger partial charge is 0.494 e. The van der Waals surface area contributed by atoms with Gasteiger partial charge >= 0.3 is 0 Å². The summed E-state index contributed by atoms with van der Waals surface area (Å²) < 4.78 is 19.7. The summed E-state index contributed by atoms with van der Waals surface area (Å²) in [7, 11) is 0. The van der Waals surface area contributed by atoms with Crippen LogP contribution in [0, 0.1) is 5.82 Å². The van der Waals surface area contributed by atoms with E-state index in [4.69, 9.17) is 4.74 Å². The van der Waals surface area contributed by atoms with E-state index in [1.54, 1.807) is 6.07 Å². The van der Waals surface area contributed by atoms with Gasteiger partial charge in [0, 0.05) is 30.0 Å². The molecule has 2 aromatic rings. The highest BCUT2D eigenvalue weighted by Crippen LogP contribution is 2.42. The number of halogens is 1. The van der Waals surface area contributed by atoms with Crippen LogP contribution in [-0.2, 0) is 6.54 Å². The van der Waals surface area contributed by atoms with Crippen molar-refractivity contribution in [2.75, 3.05) is 18.9 Å². The predicted octanol–water partition coefficient (Wildman–Crippen LogP) is 4.47. The third kappa shape index (κ3) is 3.28. The molecule has 1 aliphatic heterocycles. The molecule has 0 N–H and O–H groups in total. The van der Waals surface area contributed by atoms with Crippen LogP contribution in [0.3, 0.4) is 0 Å². The molecule has 2 aromatic carbocycles. The number of para-hydroxylation sites is 1. The van der Waals surface area contributed by atoms with Gasteiger partial charge in [0.15, 0.2) is 0 Å². The average Bonchev–Trinajstić information content (AvgIpc) is 2.98. The van der Waals surface area contributed by atoms with Gasteiger partial charge in [0.25, 0.3) is 0 Å². The fourth-order valence-corrected chi connectivity index (χ4v) is 4.10. The van der Waals surface area contributed by atoms with Gasteiger partial charge in [0.1, 0.15) is 11.6 Å². The number of benzene rings is 2. The first kappa shape index (κ1) is 15.4. The lowest BCUT2D eigenvalue weighted by molar-refractivity contribution is 0.267. The lowest BCUT2D eigenvalue weighted by Gasteiger charge is -2.25. The van der Waals surface area contributed by atoms with Crippen LogP contribution in [0.2, 0.25) is 0 Å². The molecule has 1 aliphatic rings. The number of ether oxygens (including phenoxy) is 1. The molecule has 116 valence electrons. The van der Waals surface area contributed by atoms with E-state index >= 15 is 0 Å². The third-order valence-corrected chi connectivity index (χ3v) is 5.09. The van der Waals surface area contributed by atoms with Crippen molar-refractivity contribution < 1.29 is 9.13 Å². The second-order valence-electron chi connectivity index (χ2n) is 5.26. The molecule has 0 bridgehead atoms. The molecule has 1 fully saturated rings. The van der Waals surface area contributed by atoms with E-state index in [9.17, 15) is 4.39 Å². The molecule has 0 aliphatic carbocycles. The molecule has 1 saturated heterocycles. The fourth-order valence-electron chi connectivity index (χ4n) is 2.77. The molecule has 2 nitrogen and oxygen atoms in total. The Morgan fingerprint density at radius 1 is 1.18 bits per heavy atom. The lowest BCUT2D eigenvalue weighted by Crippen LogP contribution is -2.23. The van der Waals surface area contributed by atoms with Gasteiger partial charge in [-0.05, 0) is 19.1 Å². The van der Waals surface area contributed by atoms with Crippen molar-refractivity contribution in [3.63, 3.8) is 0 Å². The van der Waals surface area contributed by atoms with Crippen LogP contribution >= 0.6 is 11.8 Å². The second-order valence-corrected chi connectivity index (χ2v) is 6.44. The van der Waals surface area contributed by atoms with E-state index < -0.39 is 0 Å². The Bertz CT molecular complexity index is 634. The number of hydrogen-bond donors (Lipinski definition) is 0. The van der Waals surface area contributed by atoms with Crippen LogP contribution in [0.5, 0.6) is 5.75 Å². The van der Waals surface area contributed by atoms with Gasteiger partial charge in [0.2, 0.25) is 0 Å². The zero-order valence-electron chi connectivity index (χ0n) is 12.7. The van der Waals surface area contributed by atoms with Crippen LogP contribution in [-0.4, -0.2) is 23.8 Å². The minimum atomic E-state index is -0.128. The van der Waals surface area contributed by atoms with Gasteiger partial charge in [-0.3, -0.25) is 4.90 Å². The molecule has 1 heterocycles. The Morgan fingerprint density at radius 2 is 1.95 bits per heavy atom. The summed E-state index contributed by atoms with van der Waals surface area (Å²) in [5, 5.41) is 0.224. The highest BCUT2D eigenvalue weighted by Gasteiger charge is 2.29. The van der Waals surface area contributed by atoms with E-state index in [-0.39, 0.29) is 11.2 Å². The Labute approximate surface area is 135 Å². The minimum absolute atomic E-state index is 0.128. The van der Waals surface area contributed by atoms with Crippen molar-refractivity contribution in [2.45, 2.75) is 18.8 Å². The summed E-state index contributed by atoms with van der Waals surface area (Å²) >= 11 is 1.89. The number of hydrogen-bond acceptors (Lipinski definition) is 3. The molecule has 22 heavy (non-hydrogen) atoms. The highest BCUT2D eigenvalue weighted by atomic mass is 32.2. The SMILES string of the molecule is CCOc1ccccc1C1SCCN1Cc1ccccc1F. The van der Waals surface area contributed by atoms with Crippen molar-refractivity contribution in [3.05, 3.63) is 65.5 Å². The van der Waals surface area contributed by atoms with E-state index in [0.29, 0.717) is 13.2 Å². The first-order chi connectivity index (χ1) is 10.8.